The molecule has 3 rings (SSSR count). The number of anilines is 3. The topological polar surface area (TPSA) is 58.5 Å². The van der Waals surface area contributed by atoms with Gasteiger partial charge in [0.15, 0.2) is 0 Å². The highest BCUT2D eigenvalue weighted by Gasteiger charge is 2.44. The Bertz CT molecular complexity index is 449. The fourth-order valence-corrected chi connectivity index (χ4v) is 3.29. The van der Waals surface area contributed by atoms with Crippen molar-refractivity contribution in [2.45, 2.75) is 24.8 Å². The third-order valence-electron chi connectivity index (χ3n) is 4.87. The first-order valence-electron chi connectivity index (χ1n) is 6.73. The average molecular weight is 246 g/mol. The number of hydrogen-bond acceptors (Lipinski definition) is 4. The van der Waals surface area contributed by atoms with Gasteiger partial charge in [-0.25, -0.2) is 0 Å². The smallest absolute Gasteiger partial charge is 0.0785 e. The van der Waals surface area contributed by atoms with Crippen molar-refractivity contribution in [2.75, 3.05) is 43.0 Å². The summed E-state index contributed by atoms with van der Waals surface area (Å²) in [6.07, 6.45) is 3.82. The lowest BCUT2D eigenvalue weighted by atomic mass is 9.77. The minimum atomic E-state index is 0.478. The van der Waals surface area contributed by atoms with E-state index in [1.54, 1.807) is 0 Å². The van der Waals surface area contributed by atoms with E-state index in [1.165, 1.54) is 25.8 Å². The molecule has 0 aliphatic carbocycles. The van der Waals surface area contributed by atoms with Crippen LogP contribution in [0.15, 0.2) is 18.2 Å². The lowest BCUT2D eigenvalue weighted by Gasteiger charge is -2.55. The summed E-state index contributed by atoms with van der Waals surface area (Å²) in [6, 6.07) is 5.93. The SMILES string of the molecule is CN1CCC12CCN(c1cccc(N)c1N)CC2. The highest BCUT2D eigenvalue weighted by atomic mass is 15.3. The molecule has 4 nitrogen and oxygen atoms in total. The Balaban J connectivity index is 1.75. The van der Waals surface area contributed by atoms with E-state index in [4.69, 9.17) is 11.5 Å². The van der Waals surface area contributed by atoms with E-state index in [1.807, 2.05) is 12.1 Å². The van der Waals surface area contributed by atoms with Gasteiger partial charge in [0.05, 0.1) is 17.1 Å². The van der Waals surface area contributed by atoms with Gasteiger partial charge in [0, 0.05) is 25.2 Å². The number of piperidine rings is 1. The fourth-order valence-electron chi connectivity index (χ4n) is 3.29. The van der Waals surface area contributed by atoms with Crippen LogP contribution in [0.3, 0.4) is 0 Å². The number of rotatable bonds is 1. The zero-order chi connectivity index (χ0) is 12.8. The molecule has 0 bridgehead atoms. The number of benzene rings is 1. The Labute approximate surface area is 109 Å². The molecule has 2 aliphatic heterocycles. The maximum absolute atomic E-state index is 6.08. The van der Waals surface area contributed by atoms with E-state index >= 15 is 0 Å². The molecule has 2 aliphatic rings. The average Bonchev–Trinajstić information content (AvgIpc) is 2.40. The Hall–Kier alpha value is -1.42. The van der Waals surface area contributed by atoms with E-state index in [0.717, 1.165) is 24.5 Å². The quantitative estimate of drug-likeness (QED) is 0.738. The molecule has 0 aromatic heterocycles. The first kappa shape index (κ1) is 11.7. The molecule has 2 fully saturated rings. The first-order valence-corrected chi connectivity index (χ1v) is 6.73. The van der Waals surface area contributed by atoms with E-state index < -0.39 is 0 Å². The largest absolute Gasteiger partial charge is 0.397 e. The van der Waals surface area contributed by atoms with Crippen molar-refractivity contribution < 1.29 is 0 Å². The van der Waals surface area contributed by atoms with Crippen LogP contribution >= 0.6 is 0 Å². The lowest BCUT2D eigenvalue weighted by molar-refractivity contribution is -0.00913. The summed E-state index contributed by atoms with van der Waals surface area (Å²) in [7, 11) is 2.24. The van der Waals surface area contributed by atoms with Crippen molar-refractivity contribution in [3.05, 3.63) is 18.2 Å². The number of likely N-dealkylation sites (tertiary alicyclic amines) is 1. The molecule has 1 spiro atoms. The number of nitrogens with two attached hydrogens (primary N) is 2. The van der Waals surface area contributed by atoms with Crippen molar-refractivity contribution in [3.8, 4) is 0 Å². The predicted molar refractivity (Wildman–Crippen MR) is 76.7 cm³/mol. The van der Waals surface area contributed by atoms with Gasteiger partial charge in [-0.1, -0.05) is 6.07 Å². The first-order chi connectivity index (χ1) is 8.62. The normalized spacial score (nSPS) is 23.1. The van der Waals surface area contributed by atoms with Crippen LogP contribution in [0.2, 0.25) is 0 Å². The van der Waals surface area contributed by atoms with Gasteiger partial charge in [0.25, 0.3) is 0 Å². The van der Waals surface area contributed by atoms with Crippen LogP contribution < -0.4 is 16.4 Å². The summed E-state index contributed by atoms with van der Waals surface area (Å²) < 4.78 is 0. The zero-order valence-electron chi connectivity index (χ0n) is 11.0. The molecule has 18 heavy (non-hydrogen) atoms. The van der Waals surface area contributed by atoms with Crippen LogP contribution in [0.5, 0.6) is 0 Å². The maximum Gasteiger partial charge on any atom is 0.0785 e. The van der Waals surface area contributed by atoms with Gasteiger partial charge in [-0.15, -0.1) is 0 Å². The molecule has 4 heteroatoms. The summed E-state index contributed by atoms with van der Waals surface area (Å²) in [5.41, 5.74) is 15.0. The molecule has 1 aromatic carbocycles. The number of nitrogen functional groups attached to an aromatic ring is 2. The van der Waals surface area contributed by atoms with Gasteiger partial charge in [0.1, 0.15) is 0 Å². The van der Waals surface area contributed by atoms with E-state index in [0.29, 0.717) is 11.2 Å². The third-order valence-corrected chi connectivity index (χ3v) is 4.87. The standard InChI is InChI=1S/C14H22N4/c1-17-8-5-14(17)6-9-18(10-7-14)12-4-2-3-11(15)13(12)16/h2-4H,5-10,15-16H2,1H3. The molecule has 2 saturated heterocycles. The Morgan fingerprint density at radius 1 is 1.06 bits per heavy atom. The van der Waals surface area contributed by atoms with E-state index in [2.05, 4.69) is 22.9 Å². The van der Waals surface area contributed by atoms with Crippen LogP contribution in [0.4, 0.5) is 17.1 Å². The molecule has 0 atom stereocenters. The van der Waals surface area contributed by atoms with Crippen molar-refractivity contribution in [3.63, 3.8) is 0 Å². The Morgan fingerprint density at radius 2 is 1.72 bits per heavy atom. The second kappa shape index (κ2) is 4.05. The maximum atomic E-state index is 6.08. The molecule has 0 radical (unpaired) electrons. The summed E-state index contributed by atoms with van der Waals surface area (Å²) in [5, 5.41) is 0. The summed E-state index contributed by atoms with van der Waals surface area (Å²) in [4.78, 5) is 4.89. The zero-order valence-corrected chi connectivity index (χ0v) is 11.0. The molecule has 0 amide bonds. The van der Waals surface area contributed by atoms with Gasteiger partial charge in [-0.3, -0.25) is 0 Å². The fraction of sp³-hybridized carbons (Fsp3) is 0.571. The van der Waals surface area contributed by atoms with Gasteiger partial charge >= 0.3 is 0 Å². The van der Waals surface area contributed by atoms with Crippen molar-refractivity contribution in [1.29, 1.82) is 0 Å². The molecule has 98 valence electrons. The highest BCUT2D eigenvalue weighted by molar-refractivity contribution is 5.79. The Kier molecular flexibility index (Phi) is 2.63. The minimum Gasteiger partial charge on any atom is -0.397 e. The van der Waals surface area contributed by atoms with Crippen LogP contribution in [-0.2, 0) is 0 Å². The molecule has 1 aromatic rings. The summed E-state index contributed by atoms with van der Waals surface area (Å²) >= 11 is 0. The van der Waals surface area contributed by atoms with Gasteiger partial charge < -0.3 is 21.3 Å². The van der Waals surface area contributed by atoms with Gasteiger partial charge in [-0.05, 0) is 38.4 Å². The summed E-state index contributed by atoms with van der Waals surface area (Å²) in [5.74, 6) is 0. The van der Waals surface area contributed by atoms with Gasteiger partial charge in [0.2, 0.25) is 0 Å². The predicted octanol–water partition coefficient (Wildman–Crippen LogP) is 1.53. The molecule has 0 unspecified atom stereocenters. The van der Waals surface area contributed by atoms with E-state index in [-0.39, 0.29) is 0 Å². The number of hydrogen-bond donors (Lipinski definition) is 2. The van der Waals surface area contributed by atoms with Crippen molar-refractivity contribution in [1.82, 2.24) is 4.90 Å². The third kappa shape index (κ3) is 1.63. The second-order valence-corrected chi connectivity index (χ2v) is 5.66. The Morgan fingerprint density at radius 3 is 2.28 bits per heavy atom. The van der Waals surface area contributed by atoms with Crippen LogP contribution in [-0.4, -0.2) is 37.1 Å². The summed E-state index contributed by atoms with van der Waals surface area (Å²) in [6.45, 7) is 3.41. The van der Waals surface area contributed by atoms with Crippen LogP contribution in [0.1, 0.15) is 19.3 Å². The van der Waals surface area contributed by atoms with Gasteiger partial charge in [-0.2, -0.15) is 0 Å². The number of para-hydroxylation sites is 1. The minimum absolute atomic E-state index is 0.478. The number of nitrogens with zero attached hydrogens (tertiary/aromatic N) is 2. The monoisotopic (exact) mass is 246 g/mol. The van der Waals surface area contributed by atoms with Crippen molar-refractivity contribution in [2.24, 2.45) is 0 Å². The lowest BCUT2D eigenvalue weighted by Crippen LogP contribution is -2.62. The molecular formula is C14H22N4. The molecule has 0 saturated carbocycles. The van der Waals surface area contributed by atoms with Crippen LogP contribution in [0, 0.1) is 0 Å². The molecular weight excluding hydrogens is 224 g/mol. The molecule has 2 heterocycles. The van der Waals surface area contributed by atoms with Crippen molar-refractivity contribution >= 4 is 17.1 Å². The molecule has 4 N–H and O–H groups in total. The highest BCUT2D eigenvalue weighted by Crippen LogP contribution is 2.40. The second-order valence-electron chi connectivity index (χ2n) is 5.66. The van der Waals surface area contributed by atoms with E-state index in [9.17, 15) is 0 Å². The van der Waals surface area contributed by atoms with Crippen LogP contribution in [0.25, 0.3) is 0 Å².